The fourth-order valence-electron chi connectivity index (χ4n) is 1.26. The highest BCUT2D eigenvalue weighted by atomic mass is 19.4. The molecule has 0 amide bonds. The van der Waals surface area contributed by atoms with Crippen molar-refractivity contribution in [3.63, 3.8) is 0 Å². The predicted octanol–water partition coefficient (Wildman–Crippen LogP) is 1.60. The predicted molar refractivity (Wildman–Crippen MR) is 54.0 cm³/mol. The summed E-state index contributed by atoms with van der Waals surface area (Å²) < 4.78 is 38.1. The van der Waals surface area contributed by atoms with E-state index >= 15 is 0 Å². The van der Waals surface area contributed by atoms with E-state index in [9.17, 15) is 18.0 Å². The van der Waals surface area contributed by atoms with E-state index in [2.05, 4.69) is 0 Å². The van der Waals surface area contributed by atoms with E-state index in [4.69, 9.17) is 5.73 Å². The molecule has 16 heavy (non-hydrogen) atoms. The van der Waals surface area contributed by atoms with Gasteiger partial charge < -0.3 is 10.3 Å². The first-order valence-corrected chi connectivity index (χ1v) is 4.66. The van der Waals surface area contributed by atoms with Crippen LogP contribution in [0.3, 0.4) is 0 Å². The van der Waals surface area contributed by atoms with Gasteiger partial charge in [0.1, 0.15) is 0 Å². The molecule has 90 valence electrons. The first-order valence-electron chi connectivity index (χ1n) is 4.66. The summed E-state index contributed by atoms with van der Waals surface area (Å²) in [5.41, 5.74) is 3.57. The zero-order valence-electron chi connectivity index (χ0n) is 9.01. The molecule has 1 aromatic heterocycles. The molecule has 6 heteroatoms. The molecule has 0 radical (unpaired) electrons. The molecule has 0 atom stereocenters. The van der Waals surface area contributed by atoms with Crippen LogP contribution in [0.5, 0.6) is 0 Å². The van der Waals surface area contributed by atoms with Gasteiger partial charge in [-0.1, -0.05) is 0 Å². The Morgan fingerprint density at radius 3 is 2.31 bits per heavy atom. The molecule has 1 heterocycles. The third-order valence-electron chi connectivity index (χ3n) is 1.89. The van der Waals surface area contributed by atoms with Gasteiger partial charge in [-0.3, -0.25) is 4.79 Å². The van der Waals surface area contributed by atoms with Crippen molar-refractivity contribution in [3.05, 3.63) is 34.2 Å². The van der Waals surface area contributed by atoms with Gasteiger partial charge in [-0.15, -0.1) is 0 Å². The largest absolute Gasteiger partial charge is 0.417 e. The van der Waals surface area contributed by atoms with Crippen LogP contribution >= 0.6 is 0 Å². The molecule has 0 saturated heterocycles. The minimum absolute atomic E-state index is 0.0375. The van der Waals surface area contributed by atoms with E-state index in [1.54, 1.807) is 13.8 Å². The van der Waals surface area contributed by atoms with Gasteiger partial charge in [-0.25, -0.2) is 0 Å². The Morgan fingerprint density at radius 2 is 1.88 bits per heavy atom. The van der Waals surface area contributed by atoms with Gasteiger partial charge >= 0.3 is 6.18 Å². The summed E-state index contributed by atoms with van der Waals surface area (Å²) in [5.74, 6) is 0. The van der Waals surface area contributed by atoms with Crippen LogP contribution in [-0.2, 0) is 12.7 Å². The molecule has 0 bridgehead atoms. The number of alkyl halides is 3. The summed E-state index contributed by atoms with van der Waals surface area (Å²) in [6, 6.07) is 1.66. The van der Waals surface area contributed by atoms with E-state index in [-0.39, 0.29) is 6.54 Å². The molecule has 1 rings (SSSR count). The number of nitrogens with zero attached hydrogens (tertiary/aromatic N) is 1. The maximum Gasteiger partial charge on any atom is 0.417 e. The highest BCUT2D eigenvalue weighted by Gasteiger charge is 2.31. The summed E-state index contributed by atoms with van der Waals surface area (Å²) in [5, 5.41) is 0. The number of nitrogens with two attached hydrogens (primary N) is 1. The van der Waals surface area contributed by atoms with Crippen molar-refractivity contribution in [3.8, 4) is 0 Å². The first-order chi connectivity index (χ1) is 7.09. The lowest BCUT2D eigenvalue weighted by atomic mass is 10.1. The first kappa shape index (κ1) is 12.8. The van der Waals surface area contributed by atoms with Gasteiger partial charge in [-0.05, 0) is 19.9 Å². The number of halogens is 3. The van der Waals surface area contributed by atoms with Crippen molar-refractivity contribution in [1.82, 2.24) is 4.57 Å². The fraction of sp³-hybridized carbons (Fsp3) is 0.500. The van der Waals surface area contributed by atoms with Crippen molar-refractivity contribution < 1.29 is 13.2 Å². The molecule has 0 fully saturated rings. The van der Waals surface area contributed by atoms with E-state index in [0.717, 1.165) is 22.9 Å². The third kappa shape index (κ3) is 3.37. The summed E-state index contributed by atoms with van der Waals surface area (Å²) >= 11 is 0. The molecule has 2 N–H and O–H groups in total. The molecule has 0 unspecified atom stereocenters. The third-order valence-corrected chi connectivity index (χ3v) is 1.89. The number of hydrogen-bond donors (Lipinski definition) is 1. The highest BCUT2D eigenvalue weighted by Crippen LogP contribution is 2.28. The zero-order chi connectivity index (χ0) is 12.6. The number of pyridine rings is 1. The monoisotopic (exact) mass is 234 g/mol. The topological polar surface area (TPSA) is 48.0 Å². The minimum Gasteiger partial charge on any atom is -0.324 e. The fourth-order valence-corrected chi connectivity index (χ4v) is 1.26. The van der Waals surface area contributed by atoms with Gasteiger partial charge in [0.25, 0.3) is 5.56 Å². The summed E-state index contributed by atoms with van der Waals surface area (Å²) in [7, 11) is 0. The van der Waals surface area contributed by atoms with Gasteiger partial charge in [-0.2, -0.15) is 13.2 Å². The van der Waals surface area contributed by atoms with Gasteiger partial charge in [0.05, 0.1) is 5.56 Å². The molecule has 0 saturated carbocycles. The summed E-state index contributed by atoms with van der Waals surface area (Å²) in [6.45, 7) is 3.31. The van der Waals surface area contributed by atoms with E-state index in [1.807, 2.05) is 0 Å². The van der Waals surface area contributed by atoms with Gasteiger partial charge in [0.15, 0.2) is 0 Å². The van der Waals surface area contributed by atoms with Crippen molar-refractivity contribution >= 4 is 0 Å². The molecule has 0 aromatic carbocycles. The number of hydrogen-bond acceptors (Lipinski definition) is 2. The molecule has 0 aliphatic carbocycles. The van der Waals surface area contributed by atoms with Crippen molar-refractivity contribution in [2.45, 2.75) is 32.1 Å². The average Bonchev–Trinajstić information content (AvgIpc) is 2.04. The lowest BCUT2D eigenvalue weighted by Crippen LogP contribution is -2.40. The molecular weight excluding hydrogens is 221 g/mol. The van der Waals surface area contributed by atoms with Crippen molar-refractivity contribution in [1.29, 1.82) is 0 Å². The lowest BCUT2D eigenvalue weighted by Gasteiger charge is -2.20. The zero-order valence-corrected chi connectivity index (χ0v) is 9.01. The minimum atomic E-state index is -4.45. The Balaban J connectivity index is 3.15. The molecular formula is C10H13F3N2O. The highest BCUT2D eigenvalue weighted by molar-refractivity contribution is 5.13. The van der Waals surface area contributed by atoms with Crippen LogP contribution in [0.15, 0.2) is 23.1 Å². The number of rotatable bonds is 2. The van der Waals surface area contributed by atoms with Crippen molar-refractivity contribution in [2.75, 3.05) is 0 Å². The Morgan fingerprint density at radius 1 is 1.31 bits per heavy atom. The standard InChI is InChI=1S/C10H13F3N2O/c1-9(2,14)6-15-5-7(10(11,12)13)3-4-8(15)16/h3-5H,6,14H2,1-2H3. The quantitative estimate of drug-likeness (QED) is 0.845. The Labute approximate surface area is 90.7 Å². The van der Waals surface area contributed by atoms with Crippen LogP contribution in [0, 0.1) is 0 Å². The van der Waals surface area contributed by atoms with Gasteiger partial charge in [0, 0.05) is 24.3 Å². The molecule has 3 nitrogen and oxygen atoms in total. The van der Waals surface area contributed by atoms with Gasteiger partial charge in [0.2, 0.25) is 0 Å². The average molecular weight is 234 g/mol. The van der Waals surface area contributed by atoms with Crippen LogP contribution in [-0.4, -0.2) is 10.1 Å². The normalized spacial score (nSPS) is 12.9. The summed E-state index contributed by atoms with van der Waals surface area (Å²) in [4.78, 5) is 11.3. The smallest absolute Gasteiger partial charge is 0.324 e. The van der Waals surface area contributed by atoms with Crippen LogP contribution in [0.25, 0.3) is 0 Å². The van der Waals surface area contributed by atoms with E-state index < -0.39 is 22.8 Å². The molecule has 1 aromatic rings. The van der Waals surface area contributed by atoms with Crippen LogP contribution in [0.4, 0.5) is 13.2 Å². The van der Waals surface area contributed by atoms with Crippen LogP contribution < -0.4 is 11.3 Å². The number of aromatic nitrogens is 1. The Bertz CT molecular complexity index is 429. The van der Waals surface area contributed by atoms with Crippen LogP contribution in [0.2, 0.25) is 0 Å². The van der Waals surface area contributed by atoms with Crippen molar-refractivity contribution in [2.24, 2.45) is 5.73 Å². The lowest BCUT2D eigenvalue weighted by molar-refractivity contribution is -0.138. The second-order valence-corrected chi connectivity index (χ2v) is 4.37. The second kappa shape index (κ2) is 3.93. The maximum absolute atomic E-state index is 12.4. The molecule has 0 aliphatic heterocycles. The molecule has 0 aliphatic rings. The Kier molecular flexibility index (Phi) is 3.14. The summed E-state index contributed by atoms with van der Waals surface area (Å²) in [6.07, 6.45) is -3.66. The van der Waals surface area contributed by atoms with E-state index in [0.29, 0.717) is 0 Å². The van der Waals surface area contributed by atoms with Crippen LogP contribution in [0.1, 0.15) is 19.4 Å². The second-order valence-electron chi connectivity index (χ2n) is 4.37. The SMILES string of the molecule is CC(C)(N)Cn1cc(C(F)(F)F)ccc1=O. The van der Waals surface area contributed by atoms with E-state index in [1.165, 1.54) is 0 Å². The molecule has 0 spiro atoms. The Hall–Kier alpha value is -1.30. The maximum atomic E-state index is 12.4.